The minimum atomic E-state index is 0.251. The summed E-state index contributed by atoms with van der Waals surface area (Å²) in [5.41, 5.74) is 6.17. The van der Waals surface area contributed by atoms with Crippen LogP contribution in [0.1, 0.15) is 0 Å². The summed E-state index contributed by atoms with van der Waals surface area (Å²) in [7, 11) is 0. The van der Waals surface area contributed by atoms with E-state index in [2.05, 4.69) is 107 Å². The van der Waals surface area contributed by atoms with E-state index in [4.69, 9.17) is 16.6 Å². The highest BCUT2D eigenvalue weighted by Gasteiger charge is 2.19. The Morgan fingerprint density at radius 2 is 1.29 bits per heavy atom. The van der Waals surface area contributed by atoms with E-state index in [1.807, 2.05) is 12.1 Å². The van der Waals surface area contributed by atoms with Crippen LogP contribution in [0.25, 0.3) is 60.4 Å². The van der Waals surface area contributed by atoms with Crippen LogP contribution in [0.15, 0.2) is 109 Å². The average Bonchev–Trinajstić information content (AvgIpc) is 3.23. The van der Waals surface area contributed by atoms with Crippen LogP contribution in [0, 0.1) is 0 Å². The molecule has 0 fully saturated rings. The third kappa shape index (κ3) is 2.77. The Morgan fingerprint density at radius 3 is 2.18 bits per heavy atom. The van der Waals surface area contributed by atoms with Gasteiger partial charge in [-0.05, 0) is 52.7 Å². The van der Waals surface area contributed by atoms with Gasteiger partial charge in [0.1, 0.15) is 0 Å². The molecule has 0 amide bonds. The molecule has 3 nitrogen and oxygen atoms in total. The standard InChI is InChI=1S/C30H18ClN3/c31-30-32-24-18-17-19-9-4-5-12-21(19)28(24)29(33-30)23-14-8-16-26-27(23)22-13-6-7-15-25(22)34(26)20-10-2-1-3-11-20/h1-18H. The molecule has 2 heterocycles. The monoisotopic (exact) mass is 455 g/mol. The molecule has 34 heavy (non-hydrogen) atoms. The number of hydrogen-bond donors (Lipinski definition) is 0. The highest BCUT2D eigenvalue weighted by molar-refractivity contribution is 6.29. The molecular weight excluding hydrogens is 438 g/mol. The first-order chi connectivity index (χ1) is 16.8. The summed E-state index contributed by atoms with van der Waals surface area (Å²) in [6, 6.07) is 37.9. The van der Waals surface area contributed by atoms with Gasteiger partial charge in [0.15, 0.2) is 0 Å². The molecule has 0 bridgehead atoms. The van der Waals surface area contributed by atoms with E-state index in [0.717, 1.165) is 55.0 Å². The van der Waals surface area contributed by atoms with Crippen LogP contribution in [-0.2, 0) is 0 Å². The Balaban J connectivity index is 1.68. The number of halogens is 1. The first-order valence-electron chi connectivity index (χ1n) is 11.2. The zero-order chi connectivity index (χ0) is 22.6. The van der Waals surface area contributed by atoms with Gasteiger partial charge in [-0.1, -0.05) is 78.9 Å². The number of fused-ring (bicyclic) bond motifs is 6. The van der Waals surface area contributed by atoms with Gasteiger partial charge in [0.2, 0.25) is 5.28 Å². The predicted molar refractivity (Wildman–Crippen MR) is 142 cm³/mol. The van der Waals surface area contributed by atoms with Crippen molar-refractivity contribution in [1.82, 2.24) is 14.5 Å². The van der Waals surface area contributed by atoms with Crippen molar-refractivity contribution in [3.63, 3.8) is 0 Å². The maximum Gasteiger partial charge on any atom is 0.223 e. The molecular formula is C30H18ClN3. The SMILES string of the molecule is Clc1nc(-c2cccc3c2c2ccccc2n3-c2ccccc2)c2c(ccc3ccccc32)n1. The minimum absolute atomic E-state index is 0.251. The third-order valence-electron chi connectivity index (χ3n) is 6.53. The third-order valence-corrected chi connectivity index (χ3v) is 6.70. The number of hydrogen-bond acceptors (Lipinski definition) is 2. The largest absolute Gasteiger partial charge is 0.309 e. The molecule has 0 spiro atoms. The average molecular weight is 456 g/mol. The lowest BCUT2D eigenvalue weighted by molar-refractivity contribution is 1.18. The van der Waals surface area contributed by atoms with Gasteiger partial charge in [0.05, 0.1) is 22.2 Å². The minimum Gasteiger partial charge on any atom is -0.309 e. The van der Waals surface area contributed by atoms with Gasteiger partial charge in [-0.15, -0.1) is 0 Å². The van der Waals surface area contributed by atoms with Gasteiger partial charge >= 0.3 is 0 Å². The normalized spacial score (nSPS) is 11.7. The fourth-order valence-electron chi connectivity index (χ4n) is 5.14. The lowest BCUT2D eigenvalue weighted by Crippen LogP contribution is -1.94. The van der Waals surface area contributed by atoms with E-state index in [0.29, 0.717) is 0 Å². The van der Waals surface area contributed by atoms with Gasteiger partial charge < -0.3 is 4.57 Å². The quantitative estimate of drug-likeness (QED) is 0.194. The van der Waals surface area contributed by atoms with Crippen molar-refractivity contribution in [1.29, 1.82) is 0 Å². The Hall–Kier alpha value is -4.21. The fraction of sp³-hybridized carbons (Fsp3) is 0. The lowest BCUT2D eigenvalue weighted by Gasteiger charge is -2.12. The van der Waals surface area contributed by atoms with E-state index in [1.165, 1.54) is 5.39 Å². The van der Waals surface area contributed by atoms with Gasteiger partial charge in [0, 0.05) is 27.4 Å². The first kappa shape index (κ1) is 19.3. The molecule has 0 saturated carbocycles. The van der Waals surface area contributed by atoms with Crippen molar-refractivity contribution >= 4 is 55.1 Å². The number of aromatic nitrogens is 3. The number of benzene rings is 5. The van der Waals surface area contributed by atoms with Gasteiger partial charge in [0.25, 0.3) is 0 Å². The number of para-hydroxylation sites is 2. The molecule has 0 N–H and O–H groups in total. The van der Waals surface area contributed by atoms with Crippen LogP contribution in [0.3, 0.4) is 0 Å². The van der Waals surface area contributed by atoms with Gasteiger partial charge in [-0.3, -0.25) is 0 Å². The summed E-state index contributed by atoms with van der Waals surface area (Å²) in [6.07, 6.45) is 0. The molecule has 4 heteroatoms. The van der Waals surface area contributed by atoms with Crippen LogP contribution in [0.5, 0.6) is 0 Å². The molecule has 7 aromatic rings. The summed E-state index contributed by atoms with van der Waals surface area (Å²) in [6.45, 7) is 0. The zero-order valence-corrected chi connectivity index (χ0v) is 18.9. The zero-order valence-electron chi connectivity index (χ0n) is 18.1. The fourth-order valence-corrected chi connectivity index (χ4v) is 5.32. The van der Waals surface area contributed by atoms with E-state index in [-0.39, 0.29) is 5.28 Å². The summed E-state index contributed by atoms with van der Waals surface area (Å²) in [5.74, 6) is 0. The second-order valence-corrected chi connectivity index (χ2v) is 8.75. The first-order valence-corrected chi connectivity index (χ1v) is 11.6. The molecule has 0 aliphatic rings. The Bertz CT molecular complexity index is 1870. The van der Waals surface area contributed by atoms with E-state index < -0.39 is 0 Å². The highest BCUT2D eigenvalue weighted by Crippen LogP contribution is 2.41. The predicted octanol–water partition coefficient (Wildman–Crippen LogP) is 8.20. The van der Waals surface area contributed by atoms with Crippen molar-refractivity contribution in [2.45, 2.75) is 0 Å². The maximum atomic E-state index is 6.47. The van der Waals surface area contributed by atoms with Crippen molar-refractivity contribution in [2.75, 3.05) is 0 Å². The lowest BCUT2D eigenvalue weighted by atomic mass is 9.97. The summed E-state index contributed by atoms with van der Waals surface area (Å²) < 4.78 is 2.32. The van der Waals surface area contributed by atoms with Crippen molar-refractivity contribution in [2.24, 2.45) is 0 Å². The topological polar surface area (TPSA) is 30.7 Å². The molecule has 0 unspecified atom stereocenters. The molecule has 0 saturated heterocycles. The smallest absolute Gasteiger partial charge is 0.223 e. The maximum absolute atomic E-state index is 6.47. The molecule has 0 aliphatic carbocycles. The second kappa shape index (κ2) is 7.41. The van der Waals surface area contributed by atoms with E-state index in [1.54, 1.807) is 0 Å². The second-order valence-electron chi connectivity index (χ2n) is 8.41. The molecule has 0 radical (unpaired) electrons. The summed E-state index contributed by atoms with van der Waals surface area (Å²) >= 11 is 6.47. The Morgan fingerprint density at radius 1 is 0.559 bits per heavy atom. The van der Waals surface area contributed by atoms with Gasteiger partial charge in [-0.25, -0.2) is 9.97 Å². The van der Waals surface area contributed by atoms with Crippen LogP contribution in [0.2, 0.25) is 5.28 Å². The summed E-state index contributed by atoms with van der Waals surface area (Å²) in [5, 5.41) is 5.88. The molecule has 0 aliphatic heterocycles. The highest BCUT2D eigenvalue weighted by atomic mass is 35.5. The molecule has 160 valence electrons. The molecule has 0 atom stereocenters. The van der Waals surface area contributed by atoms with Crippen LogP contribution in [-0.4, -0.2) is 14.5 Å². The molecule has 2 aromatic heterocycles. The molecule has 5 aromatic carbocycles. The molecule has 7 rings (SSSR count). The number of rotatable bonds is 2. The van der Waals surface area contributed by atoms with Crippen LogP contribution < -0.4 is 0 Å². The van der Waals surface area contributed by atoms with Gasteiger partial charge in [-0.2, -0.15) is 0 Å². The van der Waals surface area contributed by atoms with Crippen LogP contribution >= 0.6 is 11.6 Å². The number of nitrogens with zero attached hydrogens (tertiary/aromatic N) is 3. The Labute approximate surface area is 200 Å². The van der Waals surface area contributed by atoms with Crippen LogP contribution in [0.4, 0.5) is 0 Å². The van der Waals surface area contributed by atoms with Crippen molar-refractivity contribution in [3.05, 3.63) is 114 Å². The summed E-state index contributed by atoms with van der Waals surface area (Å²) in [4.78, 5) is 9.36. The van der Waals surface area contributed by atoms with Crippen molar-refractivity contribution < 1.29 is 0 Å². The van der Waals surface area contributed by atoms with Crippen molar-refractivity contribution in [3.8, 4) is 16.9 Å². The van der Waals surface area contributed by atoms with E-state index in [9.17, 15) is 0 Å². The van der Waals surface area contributed by atoms with E-state index >= 15 is 0 Å². The Kier molecular flexibility index (Phi) is 4.20.